The van der Waals surface area contributed by atoms with Crippen LogP contribution in [0.25, 0.3) is 0 Å². The highest BCUT2D eigenvalue weighted by molar-refractivity contribution is 7.91. The maximum atomic E-state index is 11.4. The first-order chi connectivity index (χ1) is 9.38. The van der Waals surface area contributed by atoms with E-state index in [0.717, 1.165) is 19.6 Å². The Kier molecular flexibility index (Phi) is 6.75. The van der Waals surface area contributed by atoms with Gasteiger partial charge in [-0.05, 0) is 26.8 Å². The van der Waals surface area contributed by atoms with Crippen LogP contribution in [0.5, 0.6) is 0 Å². The Morgan fingerprint density at radius 1 is 1.45 bits per heavy atom. The third-order valence-electron chi connectivity index (χ3n) is 3.62. The summed E-state index contributed by atoms with van der Waals surface area (Å²) in [6.45, 7) is 9.27. The van der Waals surface area contributed by atoms with Gasteiger partial charge < -0.3 is 10.6 Å². The molecule has 0 aromatic carbocycles. The van der Waals surface area contributed by atoms with E-state index in [1.54, 1.807) is 7.05 Å². The Labute approximate surface area is 122 Å². The number of likely N-dealkylation sites (N-methyl/N-ethyl adjacent to an activating group) is 1. The van der Waals surface area contributed by atoms with Crippen molar-refractivity contribution in [2.45, 2.75) is 39.3 Å². The van der Waals surface area contributed by atoms with Gasteiger partial charge in [0.25, 0.3) is 0 Å². The van der Waals surface area contributed by atoms with Crippen LogP contribution in [-0.2, 0) is 9.84 Å². The van der Waals surface area contributed by atoms with Crippen molar-refractivity contribution in [1.29, 1.82) is 0 Å². The number of nitrogens with zero attached hydrogens (tertiary/aromatic N) is 2. The van der Waals surface area contributed by atoms with Gasteiger partial charge in [0.1, 0.15) is 0 Å². The minimum Gasteiger partial charge on any atom is -0.355 e. The lowest BCUT2D eigenvalue weighted by molar-refractivity contribution is 0.237. The Morgan fingerprint density at radius 3 is 2.60 bits per heavy atom. The van der Waals surface area contributed by atoms with Crippen LogP contribution in [0.4, 0.5) is 0 Å². The molecule has 0 aromatic heterocycles. The molecule has 7 heteroatoms. The standard InChI is InChI=1S/C13H28N4O2S/c1-5-17(11(2)3)8-7-15-13(14-4)16-12-6-9-20(18,19)10-12/h11-12H,5-10H2,1-4H3,(H2,14,15,16). The van der Waals surface area contributed by atoms with Gasteiger partial charge in [-0.3, -0.25) is 9.89 Å². The molecule has 20 heavy (non-hydrogen) atoms. The first kappa shape index (κ1) is 17.2. The van der Waals surface area contributed by atoms with Gasteiger partial charge in [-0.15, -0.1) is 0 Å². The lowest BCUT2D eigenvalue weighted by Gasteiger charge is -2.25. The van der Waals surface area contributed by atoms with Gasteiger partial charge in [0.2, 0.25) is 0 Å². The van der Waals surface area contributed by atoms with Crippen LogP contribution in [0.1, 0.15) is 27.2 Å². The maximum absolute atomic E-state index is 11.4. The summed E-state index contributed by atoms with van der Waals surface area (Å²) in [4.78, 5) is 6.51. The quantitative estimate of drug-likeness (QED) is 0.536. The number of guanidine groups is 1. The van der Waals surface area contributed by atoms with Crippen molar-refractivity contribution in [3.8, 4) is 0 Å². The lowest BCUT2D eigenvalue weighted by atomic mass is 10.3. The van der Waals surface area contributed by atoms with E-state index in [1.807, 2.05) is 0 Å². The second-order valence-corrected chi connectivity index (χ2v) is 7.69. The molecule has 6 nitrogen and oxygen atoms in total. The van der Waals surface area contributed by atoms with Crippen LogP contribution >= 0.6 is 0 Å². The van der Waals surface area contributed by atoms with Gasteiger partial charge in [-0.2, -0.15) is 0 Å². The first-order valence-electron chi connectivity index (χ1n) is 7.29. The van der Waals surface area contributed by atoms with E-state index in [0.29, 0.717) is 18.4 Å². The second-order valence-electron chi connectivity index (χ2n) is 5.47. The molecule has 1 rings (SSSR count). The van der Waals surface area contributed by atoms with Gasteiger partial charge >= 0.3 is 0 Å². The van der Waals surface area contributed by atoms with Crippen LogP contribution < -0.4 is 10.6 Å². The summed E-state index contributed by atoms with van der Waals surface area (Å²) in [5.74, 6) is 1.17. The largest absolute Gasteiger partial charge is 0.355 e. The van der Waals surface area contributed by atoms with Crippen LogP contribution in [0.3, 0.4) is 0 Å². The molecule has 1 aliphatic rings. The normalized spacial score (nSPS) is 22.5. The first-order valence-corrected chi connectivity index (χ1v) is 9.11. The number of sulfone groups is 1. The van der Waals surface area contributed by atoms with Gasteiger partial charge in [-0.1, -0.05) is 6.92 Å². The summed E-state index contributed by atoms with van der Waals surface area (Å²) in [5, 5.41) is 6.43. The fraction of sp³-hybridized carbons (Fsp3) is 0.923. The van der Waals surface area contributed by atoms with Crippen molar-refractivity contribution in [2.75, 3.05) is 38.2 Å². The zero-order chi connectivity index (χ0) is 15.2. The number of hydrogen-bond donors (Lipinski definition) is 2. The van der Waals surface area contributed by atoms with Crippen molar-refractivity contribution in [2.24, 2.45) is 4.99 Å². The van der Waals surface area contributed by atoms with Crippen LogP contribution in [-0.4, -0.2) is 69.5 Å². The Bertz CT molecular complexity index is 420. The third kappa shape index (κ3) is 5.66. The Balaban J connectivity index is 2.34. The van der Waals surface area contributed by atoms with E-state index in [1.165, 1.54) is 0 Å². The molecule has 1 fully saturated rings. The SMILES string of the molecule is CCN(CCNC(=NC)NC1CCS(=O)(=O)C1)C(C)C. The molecule has 1 unspecified atom stereocenters. The fourth-order valence-corrected chi connectivity index (χ4v) is 4.07. The Hall–Kier alpha value is -0.820. The molecule has 1 atom stereocenters. The van der Waals surface area contributed by atoms with E-state index < -0.39 is 9.84 Å². The predicted molar refractivity (Wildman–Crippen MR) is 83.9 cm³/mol. The molecule has 1 saturated heterocycles. The topological polar surface area (TPSA) is 73.8 Å². The van der Waals surface area contributed by atoms with E-state index in [9.17, 15) is 8.42 Å². The average Bonchev–Trinajstić information content (AvgIpc) is 2.72. The minimum atomic E-state index is -2.85. The zero-order valence-corrected chi connectivity index (χ0v) is 13.8. The predicted octanol–water partition coefficient (Wildman–Crippen LogP) is 0.0688. The highest BCUT2D eigenvalue weighted by Gasteiger charge is 2.28. The van der Waals surface area contributed by atoms with Crippen molar-refractivity contribution in [1.82, 2.24) is 15.5 Å². The maximum Gasteiger partial charge on any atom is 0.191 e. The number of nitrogens with one attached hydrogen (secondary N) is 2. The molecule has 0 amide bonds. The summed E-state index contributed by atoms with van der Waals surface area (Å²) < 4.78 is 22.8. The van der Waals surface area contributed by atoms with Crippen molar-refractivity contribution in [3.63, 3.8) is 0 Å². The van der Waals surface area contributed by atoms with Crippen molar-refractivity contribution < 1.29 is 8.42 Å². The lowest BCUT2D eigenvalue weighted by Crippen LogP contribution is -2.46. The molecule has 0 aromatic rings. The van der Waals surface area contributed by atoms with E-state index >= 15 is 0 Å². The molecule has 1 heterocycles. The molecule has 0 spiro atoms. The van der Waals surface area contributed by atoms with E-state index in [-0.39, 0.29) is 17.5 Å². The second kappa shape index (κ2) is 7.83. The summed E-state index contributed by atoms with van der Waals surface area (Å²) in [6, 6.07) is 0.510. The average molecular weight is 304 g/mol. The fourth-order valence-electron chi connectivity index (χ4n) is 2.40. The van der Waals surface area contributed by atoms with Gasteiger partial charge in [-0.25, -0.2) is 8.42 Å². The highest BCUT2D eigenvalue weighted by atomic mass is 32.2. The number of aliphatic imine (C=N–C) groups is 1. The molecule has 0 bridgehead atoms. The van der Waals surface area contributed by atoms with E-state index in [2.05, 4.69) is 41.3 Å². The van der Waals surface area contributed by atoms with Crippen LogP contribution in [0.15, 0.2) is 4.99 Å². The molecule has 1 aliphatic heterocycles. The van der Waals surface area contributed by atoms with Crippen molar-refractivity contribution >= 4 is 15.8 Å². The monoisotopic (exact) mass is 304 g/mol. The number of rotatable bonds is 6. The van der Waals surface area contributed by atoms with Gasteiger partial charge in [0.05, 0.1) is 11.5 Å². The summed E-state index contributed by atoms with van der Waals surface area (Å²) in [5.41, 5.74) is 0. The third-order valence-corrected chi connectivity index (χ3v) is 5.39. The molecule has 0 saturated carbocycles. The molecule has 0 radical (unpaired) electrons. The summed E-state index contributed by atoms with van der Waals surface area (Å²) in [7, 11) is -1.14. The highest BCUT2D eigenvalue weighted by Crippen LogP contribution is 2.10. The van der Waals surface area contributed by atoms with Gasteiger partial charge in [0.15, 0.2) is 15.8 Å². The molecule has 118 valence electrons. The minimum absolute atomic E-state index is 0.0152. The molecule has 2 N–H and O–H groups in total. The van der Waals surface area contributed by atoms with E-state index in [4.69, 9.17) is 0 Å². The van der Waals surface area contributed by atoms with Gasteiger partial charge in [0, 0.05) is 32.2 Å². The zero-order valence-electron chi connectivity index (χ0n) is 13.0. The number of hydrogen-bond acceptors (Lipinski definition) is 4. The summed E-state index contributed by atoms with van der Waals surface area (Å²) >= 11 is 0. The molecule has 0 aliphatic carbocycles. The van der Waals surface area contributed by atoms with Crippen molar-refractivity contribution in [3.05, 3.63) is 0 Å². The molecular weight excluding hydrogens is 276 g/mol. The smallest absolute Gasteiger partial charge is 0.191 e. The molecular formula is C13H28N4O2S. The Morgan fingerprint density at radius 2 is 2.15 bits per heavy atom. The van der Waals surface area contributed by atoms with Crippen LogP contribution in [0.2, 0.25) is 0 Å². The summed E-state index contributed by atoms with van der Waals surface area (Å²) in [6.07, 6.45) is 0.663. The van der Waals surface area contributed by atoms with Crippen LogP contribution in [0, 0.1) is 0 Å².